The van der Waals surface area contributed by atoms with Crippen molar-refractivity contribution >= 4 is 21.6 Å². The molecule has 1 aromatic rings. The van der Waals surface area contributed by atoms with E-state index in [-0.39, 0.29) is 5.41 Å². The van der Waals surface area contributed by atoms with Gasteiger partial charge in [-0.3, -0.25) is 0 Å². The molecule has 0 saturated heterocycles. The number of halogens is 1. The average molecular weight is 296 g/mol. The third kappa shape index (κ3) is 2.24. The predicted octanol–water partition coefficient (Wildman–Crippen LogP) is 4.65. The van der Waals surface area contributed by atoms with Crippen LogP contribution in [0.15, 0.2) is 16.6 Å². The highest BCUT2D eigenvalue weighted by Crippen LogP contribution is 2.43. The molecule has 0 amide bonds. The fraction of sp³-hybridized carbons (Fsp3) is 0.600. The normalized spacial score (nSPS) is 18.4. The van der Waals surface area contributed by atoms with Gasteiger partial charge in [0.1, 0.15) is 0 Å². The van der Waals surface area contributed by atoms with Gasteiger partial charge in [0.15, 0.2) is 0 Å². The Morgan fingerprint density at radius 3 is 2.53 bits per heavy atom. The van der Waals surface area contributed by atoms with Crippen molar-refractivity contribution in [1.82, 2.24) is 0 Å². The molecule has 94 valence electrons. The summed E-state index contributed by atoms with van der Waals surface area (Å²) < 4.78 is 1.20. The topological polar surface area (TPSA) is 3.24 Å². The smallest absolute Gasteiger partial charge is 0.0437 e. The van der Waals surface area contributed by atoms with Crippen LogP contribution in [0.1, 0.15) is 45.2 Å². The van der Waals surface area contributed by atoms with Crippen molar-refractivity contribution in [2.24, 2.45) is 0 Å². The fourth-order valence-corrected chi connectivity index (χ4v) is 3.37. The first-order valence-electron chi connectivity index (χ1n) is 6.40. The first kappa shape index (κ1) is 12.9. The Bertz CT molecular complexity index is 435. The third-order valence-corrected chi connectivity index (χ3v) is 4.34. The van der Waals surface area contributed by atoms with Crippen LogP contribution >= 0.6 is 15.9 Å². The van der Waals surface area contributed by atoms with E-state index in [2.05, 4.69) is 67.6 Å². The van der Waals surface area contributed by atoms with Gasteiger partial charge >= 0.3 is 0 Å². The van der Waals surface area contributed by atoms with E-state index < -0.39 is 0 Å². The third-order valence-electron chi connectivity index (χ3n) is 3.88. The molecule has 0 saturated carbocycles. The molecule has 0 atom stereocenters. The quantitative estimate of drug-likeness (QED) is 0.729. The van der Waals surface area contributed by atoms with Crippen LogP contribution in [0.3, 0.4) is 0 Å². The number of aryl methyl sites for hydroxylation is 1. The number of benzene rings is 1. The van der Waals surface area contributed by atoms with E-state index >= 15 is 0 Å². The minimum absolute atomic E-state index is 0.287. The number of nitrogens with zero attached hydrogens (tertiary/aromatic N) is 1. The van der Waals surface area contributed by atoms with Crippen molar-refractivity contribution in [2.45, 2.75) is 52.5 Å². The molecule has 1 aliphatic rings. The molecule has 0 spiro atoms. The van der Waals surface area contributed by atoms with E-state index in [0.29, 0.717) is 6.04 Å². The Hall–Kier alpha value is -0.500. The van der Waals surface area contributed by atoms with Crippen LogP contribution in [0.25, 0.3) is 0 Å². The van der Waals surface area contributed by atoms with Crippen molar-refractivity contribution in [3.8, 4) is 0 Å². The second-order valence-corrected chi connectivity index (χ2v) is 6.96. The summed E-state index contributed by atoms with van der Waals surface area (Å²) in [5.74, 6) is 0. The van der Waals surface area contributed by atoms with Crippen LogP contribution in [0, 0.1) is 6.92 Å². The highest BCUT2D eigenvalue weighted by Gasteiger charge is 2.33. The van der Waals surface area contributed by atoms with E-state index in [1.165, 1.54) is 34.3 Å². The number of hydrogen-bond donors (Lipinski definition) is 0. The lowest BCUT2D eigenvalue weighted by atomic mass is 9.76. The monoisotopic (exact) mass is 295 g/mol. The van der Waals surface area contributed by atoms with Crippen LogP contribution in [0.4, 0.5) is 5.69 Å². The molecule has 1 nitrogen and oxygen atoms in total. The highest BCUT2D eigenvalue weighted by molar-refractivity contribution is 9.10. The minimum atomic E-state index is 0.287. The summed E-state index contributed by atoms with van der Waals surface area (Å²) >= 11 is 3.63. The summed E-state index contributed by atoms with van der Waals surface area (Å²) in [5.41, 5.74) is 4.62. The Morgan fingerprint density at radius 1 is 1.29 bits per heavy atom. The van der Waals surface area contributed by atoms with Gasteiger partial charge in [-0.1, -0.05) is 29.8 Å². The van der Waals surface area contributed by atoms with Crippen molar-refractivity contribution in [3.05, 3.63) is 27.7 Å². The fourth-order valence-electron chi connectivity index (χ4n) is 2.80. The van der Waals surface area contributed by atoms with Crippen LogP contribution in [-0.2, 0) is 5.41 Å². The summed E-state index contributed by atoms with van der Waals surface area (Å²) in [7, 11) is 0. The average Bonchev–Trinajstić information content (AvgIpc) is 2.18. The van der Waals surface area contributed by atoms with E-state index in [1.54, 1.807) is 0 Å². The summed E-state index contributed by atoms with van der Waals surface area (Å²) in [6.07, 6.45) is 1.23. The van der Waals surface area contributed by atoms with Gasteiger partial charge in [-0.15, -0.1) is 0 Å². The lowest BCUT2D eigenvalue weighted by Gasteiger charge is -2.43. The molecular formula is C15H22BrN. The lowest BCUT2D eigenvalue weighted by Crippen LogP contribution is -2.41. The molecule has 2 heteroatoms. The van der Waals surface area contributed by atoms with E-state index in [1.807, 2.05) is 0 Å². The molecule has 1 aromatic carbocycles. The van der Waals surface area contributed by atoms with Gasteiger partial charge in [0.05, 0.1) is 0 Å². The first-order valence-corrected chi connectivity index (χ1v) is 7.19. The molecule has 0 bridgehead atoms. The van der Waals surface area contributed by atoms with Crippen molar-refractivity contribution in [1.29, 1.82) is 0 Å². The van der Waals surface area contributed by atoms with Gasteiger partial charge in [-0.25, -0.2) is 0 Å². The zero-order chi connectivity index (χ0) is 12.8. The largest absolute Gasteiger partial charge is 0.369 e. The van der Waals surface area contributed by atoms with Crippen molar-refractivity contribution in [2.75, 3.05) is 11.4 Å². The maximum atomic E-state index is 3.63. The summed E-state index contributed by atoms with van der Waals surface area (Å²) in [5, 5.41) is 0. The van der Waals surface area contributed by atoms with Crippen molar-refractivity contribution < 1.29 is 0 Å². The number of fused-ring (bicyclic) bond motifs is 1. The lowest BCUT2D eigenvalue weighted by molar-refractivity contribution is 0.441. The first-order chi connectivity index (χ1) is 7.83. The Balaban J connectivity index is 2.64. The van der Waals surface area contributed by atoms with Gasteiger partial charge in [0.2, 0.25) is 0 Å². The maximum absolute atomic E-state index is 3.63. The van der Waals surface area contributed by atoms with Crippen LogP contribution in [0.2, 0.25) is 0 Å². The van der Waals surface area contributed by atoms with Crippen LogP contribution < -0.4 is 4.90 Å². The molecule has 17 heavy (non-hydrogen) atoms. The summed E-state index contributed by atoms with van der Waals surface area (Å²) in [6.45, 7) is 12.7. The minimum Gasteiger partial charge on any atom is -0.369 e. The number of rotatable bonds is 1. The molecule has 0 aliphatic carbocycles. The number of anilines is 1. The van der Waals surface area contributed by atoms with Crippen LogP contribution in [0.5, 0.6) is 0 Å². The van der Waals surface area contributed by atoms with Gasteiger partial charge in [-0.2, -0.15) is 0 Å². The Kier molecular flexibility index (Phi) is 3.28. The molecule has 0 N–H and O–H groups in total. The molecule has 0 aromatic heterocycles. The van der Waals surface area contributed by atoms with Gasteiger partial charge in [-0.05, 0) is 55.9 Å². The zero-order valence-corrected chi connectivity index (χ0v) is 13.1. The summed E-state index contributed by atoms with van der Waals surface area (Å²) in [4.78, 5) is 2.54. The zero-order valence-electron chi connectivity index (χ0n) is 11.5. The second kappa shape index (κ2) is 4.31. The van der Waals surface area contributed by atoms with E-state index in [4.69, 9.17) is 0 Å². The molecule has 1 aliphatic heterocycles. The van der Waals surface area contributed by atoms with E-state index in [9.17, 15) is 0 Å². The van der Waals surface area contributed by atoms with Gasteiger partial charge < -0.3 is 4.90 Å². The molecule has 0 unspecified atom stereocenters. The molecular weight excluding hydrogens is 274 g/mol. The Labute approximate surface area is 113 Å². The van der Waals surface area contributed by atoms with Crippen molar-refractivity contribution in [3.63, 3.8) is 0 Å². The molecule has 2 rings (SSSR count). The molecule has 0 fully saturated rings. The molecule has 0 radical (unpaired) electrons. The molecule has 1 heterocycles. The van der Waals surface area contributed by atoms with E-state index in [0.717, 1.165) is 0 Å². The Morgan fingerprint density at radius 2 is 1.94 bits per heavy atom. The maximum Gasteiger partial charge on any atom is 0.0437 e. The van der Waals surface area contributed by atoms with Crippen LogP contribution in [-0.4, -0.2) is 12.6 Å². The second-order valence-electron chi connectivity index (χ2n) is 6.04. The highest BCUT2D eigenvalue weighted by atomic mass is 79.9. The van der Waals surface area contributed by atoms with Gasteiger partial charge in [0.25, 0.3) is 0 Å². The SMILES string of the molecule is Cc1cc(Br)cc2c1N(C(C)C)CCC2(C)C. The van der Waals surface area contributed by atoms with Gasteiger partial charge in [0, 0.05) is 22.7 Å². The summed E-state index contributed by atoms with van der Waals surface area (Å²) in [6, 6.07) is 5.11. The standard InChI is InChI=1S/C15H22BrN/c1-10(2)17-7-6-15(4,5)13-9-12(16)8-11(3)14(13)17/h8-10H,6-7H2,1-5H3. The predicted molar refractivity (Wildman–Crippen MR) is 79.0 cm³/mol. The number of hydrogen-bond acceptors (Lipinski definition) is 1.